The molecule has 0 atom stereocenters. The molecule has 0 amide bonds. The summed E-state index contributed by atoms with van der Waals surface area (Å²) in [4.78, 5) is 5.73. The summed E-state index contributed by atoms with van der Waals surface area (Å²) in [7, 11) is 0. The summed E-state index contributed by atoms with van der Waals surface area (Å²) in [5.74, 6) is -1.45. The molecule has 0 spiro atoms. The van der Waals surface area contributed by atoms with Gasteiger partial charge in [0, 0.05) is 0 Å². The Morgan fingerprint density at radius 3 is 2.07 bits per heavy atom. The summed E-state index contributed by atoms with van der Waals surface area (Å²) in [6, 6.07) is 2.66. The largest absolute Gasteiger partial charge is 1.00 e. The van der Waals surface area contributed by atoms with Gasteiger partial charge in [-0.15, -0.1) is 0 Å². The van der Waals surface area contributed by atoms with Crippen molar-refractivity contribution in [1.29, 1.82) is 10.5 Å². The number of aliphatic imine (C=N–C) groups is 2. The zero-order chi connectivity index (χ0) is 10.1. The summed E-state index contributed by atoms with van der Waals surface area (Å²) in [5, 5.41) is 16.7. The van der Waals surface area contributed by atoms with E-state index in [0.29, 0.717) is 6.21 Å². The van der Waals surface area contributed by atoms with E-state index in [1.165, 1.54) is 12.1 Å². The molecule has 1 aliphatic heterocycles. The van der Waals surface area contributed by atoms with Gasteiger partial charge in [0.25, 0.3) is 5.54 Å². The second-order valence-corrected chi connectivity index (χ2v) is 2.18. The molecule has 0 unspecified atom stereocenters. The zero-order valence-corrected chi connectivity index (χ0v) is 7.00. The van der Waals surface area contributed by atoms with Crippen LogP contribution in [0, 0.1) is 22.7 Å². The van der Waals surface area contributed by atoms with Crippen molar-refractivity contribution in [3.63, 3.8) is 0 Å². The molecule has 0 saturated heterocycles. The molecule has 0 bridgehead atoms. The smallest absolute Gasteiger partial charge is 1.00 e. The first kappa shape index (κ1) is 12.7. The minimum atomic E-state index is -4.72. The molecule has 8 heteroatoms. The van der Waals surface area contributed by atoms with Crippen molar-refractivity contribution in [1.82, 2.24) is 0 Å². The van der Waals surface area contributed by atoms with Crippen molar-refractivity contribution < 1.29 is 33.5 Å². The van der Waals surface area contributed by atoms with Crippen LogP contribution in [0.25, 0.3) is 0 Å². The Morgan fingerprint density at radius 2 is 1.86 bits per heavy atom. The number of alkyl halides is 3. The van der Waals surface area contributed by atoms with Crippen molar-refractivity contribution in [2.75, 3.05) is 0 Å². The van der Waals surface area contributed by atoms with E-state index in [-0.39, 0.29) is 20.3 Å². The fraction of sp³-hybridized carbons (Fsp3) is 0.333. The average Bonchev–Trinajstić information content (AvgIpc) is 2.48. The van der Waals surface area contributed by atoms with Crippen molar-refractivity contribution in [2.24, 2.45) is 9.98 Å². The van der Waals surface area contributed by atoms with Crippen LogP contribution in [-0.4, -0.2) is 23.8 Å². The first-order valence-corrected chi connectivity index (χ1v) is 2.98. The third kappa shape index (κ3) is 2.14. The molecule has 0 aliphatic carbocycles. The van der Waals surface area contributed by atoms with E-state index < -0.39 is 17.6 Å². The predicted octanol–water partition coefficient (Wildman–Crippen LogP) is -2.07. The molecule has 0 aromatic heterocycles. The minimum Gasteiger partial charge on any atom is -1.00 e. The second kappa shape index (κ2) is 3.84. The summed E-state index contributed by atoms with van der Waals surface area (Å²) in [6.07, 6.45) is -4.14. The van der Waals surface area contributed by atoms with Crippen LogP contribution in [0.3, 0.4) is 0 Å². The van der Waals surface area contributed by atoms with E-state index in [1.807, 2.05) is 0 Å². The number of nitriles is 2. The maximum Gasteiger partial charge on any atom is 1.00 e. The fourth-order valence-electron chi connectivity index (χ4n) is 0.649. The Hall–Kier alpha value is -1.29. The Bertz CT molecular complexity index is 361. The molecule has 0 fully saturated rings. The molecule has 0 N–H and O–H groups in total. The molecule has 0 radical (unpaired) electrons. The quantitative estimate of drug-likeness (QED) is 0.415. The SMILES string of the molecule is N#CC1(C#N)C=NC(C(F)(F)F)=N1.[H-].[Li+]. The van der Waals surface area contributed by atoms with Crippen LogP contribution in [0.1, 0.15) is 1.43 Å². The van der Waals surface area contributed by atoms with Gasteiger partial charge in [0.2, 0.25) is 5.84 Å². The van der Waals surface area contributed by atoms with Gasteiger partial charge in [-0.25, -0.2) is 9.98 Å². The zero-order valence-electron chi connectivity index (χ0n) is 8.00. The first-order valence-electron chi connectivity index (χ1n) is 2.98. The number of rotatable bonds is 0. The molecule has 1 aliphatic rings. The molecule has 1 rings (SSSR count). The Labute approximate surface area is 90.4 Å². The van der Waals surface area contributed by atoms with Crippen LogP contribution in [0.5, 0.6) is 0 Å². The van der Waals surface area contributed by atoms with Crippen LogP contribution < -0.4 is 18.9 Å². The maximum atomic E-state index is 11.9. The Balaban J connectivity index is 0. The molecule has 0 aromatic carbocycles. The number of nitrogens with zero attached hydrogens (tertiary/aromatic N) is 4. The Kier molecular flexibility index (Phi) is 3.48. The van der Waals surface area contributed by atoms with Gasteiger partial charge < -0.3 is 1.43 Å². The third-order valence-electron chi connectivity index (χ3n) is 1.25. The molecule has 0 aromatic rings. The van der Waals surface area contributed by atoms with Gasteiger partial charge in [0.15, 0.2) is 0 Å². The van der Waals surface area contributed by atoms with Crippen LogP contribution >= 0.6 is 0 Å². The van der Waals surface area contributed by atoms with E-state index in [1.54, 1.807) is 0 Å². The second-order valence-electron chi connectivity index (χ2n) is 2.18. The van der Waals surface area contributed by atoms with Crippen LogP contribution in [-0.2, 0) is 0 Å². The van der Waals surface area contributed by atoms with Gasteiger partial charge in [-0.2, -0.15) is 23.7 Å². The summed E-state index contributed by atoms with van der Waals surface area (Å²) < 4.78 is 35.7. The van der Waals surface area contributed by atoms with E-state index in [4.69, 9.17) is 10.5 Å². The van der Waals surface area contributed by atoms with Crippen molar-refractivity contribution in [2.45, 2.75) is 11.7 Å². The van der Waals surface area contributed by atoms with Gasteiger partial charge in [0.1, 0.15) is 12.1 Å². The van der Waals surface area contributed by atoms with E-state index >= 15 is 0 Å². The maximum absolute atomic E-state index is 11.9. The van der Waals surface area contributed by atoms with Crippen molar-refractivity contribution >= 4 is 12.1 Å². The van der Waals surface area contributed by atoms with Gasteiger partial charge in [-0.3, -0.25) is 0 Å². The number of halogens is 3. The molecule has 68 valence electrons. The molecular weight excluding hydrogens is 192 g/mol. The molecule has 14 heavy (non-hydrogen) atoms. The minimum absolute atomic E-state index is 0. The normalized spacial score (nSPS) is 17.6. The number of hydrogen-bond acceptors (Lipinski definition) is 4. The topological polar surface area (TPSA) is 72.3 Å². The summed E-state index contributed by atoms with van der Waals surface area (Å²) in [6.45, 7) is 0. The van der Waals surface area contributed by atoms with Gasteiger partial charge in [-0.1, -0.05) is 0 Å². The number of amidine groups is 1. The molecule has 0 saturated carbocycles. The van der Waals surface area contributed by atoms with Crippen molar-refractivity contribution in [3.05, 3.63) is 0 Å². The van der Waals surface area contributed by atoms with E-state index in [0.717, 1.165) is 0 Å². The molecule has 1 heterocycles. The average molecular weight is 194 g/mol. The first-order chi connectivity index (χ1) is 5.93. The van der Waals surface area contributed by atoms with Gasteiger partial charge in [-0.05, 0) is 0 Å². The number of hydrogen-bond donors (Lipinski definition) is 0. The third-order valence-corrected chi connectivity index (χ3v) is 1.25. The van der Waals surface area contributed by atoms with Crippen molar-refractivity contribution in [3.8, 4) is 12.1 Å². The van der Waals surface area contributed by atoms with E-state index in [9.17, 15) is 13.2 Å². The monoisotopic (exact) mass is 194 g/mol. The molecular formula is C6H2F3LiN4. The van der Waals surface area contributed by atoms with Crippen LogP contribution in [0.2, 0.25) is 0 Å². The summed E-state index contributed by atoms with van der Waals surface area (Å²) in [5.41, 5.74) is -2.11. The van der Waals surface area contributed by atoms with E-state index in [2.05, 4.69) is 9.98 Å². The standard InChI is InChI=1S/C6HF3N4.Li.H/c7-6(8,9)4-12-3-5(1-10,2-11)13-4;;/h3H;;/q;+1;-1. The van der Waals surface area contributed by atoms with Gasteiger partial charge >= 0.3 is 25.0 Å². The van der Waals surface area contributed by atoms with Crippen LogP contribution in [0.15, 0.2) is 9.98 Å². The van der Waals surface area contributed by atoms with Gasteiger partial charge in [0.05, 0.1) is 6.21 Å². The molecule has 4 nitrogen and oxygen atoms in total. The predicted molar refractivity (Wildman–Crippen MR) is 37.1 cm³/mol. The van der Waals surface area contributed by atoms with Crippen LogP contribution in [0.4, 0.5) is 13.2 Å². The fourth-order valence-corrected chi connectivity index (χ4v) is 0.649. The Morgan fingerprint density at radius 1 is 1.36 bits per heavy atom. The summed E-state index contributed by atoms with van der Waals surface area (Å²) >= 11 is 0.